The maximum absolute atomic E-state index is 13.0. The van der Waals surface area contributed by atoms with Crippen LogP contribution in [0, 0.1) is 11.8 Å². The lowest BCUT2D eigenvalue weighted by molar-refractivity contribution is -0.118. The van der Waals surface area contributed by atoms with Gasteiger partial charge in [0.25, 0.3) is 5.91 Å². The van der Waals surface area contributed by atoms with Crippen molar-refractivity contribution in [2.24, 2.45) is 11.8 Å². The number of aliphatic hydroxyl groups excluding tert-OH is 1. The number of carbonyl (C=O) groups excluding carboxylic acids is 2. The third kappa shape index (κ3) is 3.66. The van der Waals surface area contributed by atoms with Gasteiger partial charge in [-0.15, -0.1) is 0 Å². The Balaban J connectivity index is 1.99. The summed E-state index contributed by atoms with van der Waals surface area (Å²) in [7, 11) is 0. The maximum Gasteiger partial charge on any atom is 0.255 e. The lowest BCUT2D eigenvalue weighted by Crippen LogP contribution is -2.30. The number of likely N-dealkylation sites (tertiary alicyclic amines) is 1. The second kappa shape index (κ2) is 7.23. The van der Waals surface area contributed by atoms with Gasteiger partial charge in [-0.1, -0.05) is 38.1 Å². The Morgan fingerprint density at radius 2 is 1.92 bits per heavy atom. The fourth-order valence-corrected chi connectivity index (χ4v) is 3.13. The molecule has 1 aliphatic rings. The van der Waals surface area contributed by atoms with Crippen LogP contribution >= 0.6 is 0 Å². The molecule has 0 aromatic heterocycles. The minimum Gasteiger partial charge on any atom is -0.396 e. The van der Waals surface area contributed by atoms with Gasteiger partial charge in [-0.05, 0) is 29.3 Å². The third-order valence-electron chi connectivity index (χ3n) is 4.73. The number of nitrogens with zero attached hydrogens (tertiary/aromatic N) is 1. The molecule has 1 unspecified atom stereocenters. The normalized spacial score (nSPS) is 17.3. The first-order chi connectivity index (χ1) is 12.0. The molecule has 0 spiro atoms. The van der Waals surface area contributed by atoms with E-state index < -0.39 is 0 Å². The zero-order chi connectivity index (χ0) is 18.0. The number of aliphatic hydroxyl groups is 1. The van der Waals surface area contributed by atoms with Gasteiger partial charge in [0.2, 0.25) is 5.91 Å². The molecule has 3 rings (SSSR count). The fourth-order valence-electron chi connectivity index (χ4n) is 3.13. The summed E-state index contributed by atoms with van der Waals surface area (Å²) in [6, 6.07) is 11.5. The lowest BCUT2D eigenvalue weighted by atomic mass is 10.0. The van der Waals surface area contributed by atoms with E-state index in [1.165, 1.54) is 0 Å². The first kappa shape index (κ1) is 17.4. The molecule has 0 aliphatic carbocycles. The minimum atomic E-state index is -0.167. The molecule has 0 radical (unpaired) electrons. The van der Waals surface area contributed by atoms with Gasteiger partial charge in [0, 0.05) is 31.5 Å². The number of rotatable bonds is 4. The summed E-state index contributed by atoms with van der Waals surface area (Å²) in [4.78, 5) is 27.0. The molecule has 1 heterocycles. The summed E-state index contributed by atoms with van der Waals surface area (Å²) < 4.78 is 0. The van der Waals surface area contributed by atoms with Crippen LogP contribution in [0.25, 0.3) is 10.8 Å². The largest absolute Gasteiger partial charge is 0.396 e. The number of anilines is 1. The predicted molar refractivity (Wildman–Crippen MR) is 98.5 cm³/mol. The van der Waals surface area contributed by atoms with E-state index >= 15 is 0 Å². The van der Waals surface area contributed by atoms with Gasteiger partial charge >= 0.3 is 0 Å². The molecule has 0 bridgehead atoms. The van der Waals surface area contributed by atoms with Crippen LogP contribution in [0.3, 0.4) is 0 Å². The van der Waals surface area contributed by atoms with Gasteiger partial charge in [0.15, 0.2) is 0 Å². The molecule has 5 heteroatoms. The Bertz CT molecular complexity index is 801. The molecule has 5 nitrogen and oxygen atoms in total. The summed E-state index contributed by atoms with van der Waals surface area (Å²) in [6.07, 6.45) is 0.809. The van der Waals surface area contributed by atoms with Crippen LogP contribution in [0.2, 0.25) is 0 Å². The highest BCUT2D eigenvalue weighted by Gasteiger charge is 2.28. The molecule has 2 aromatic carbocycles. The Labute approximate surface area is 147 Å². The Kier molecular flexibility index (Phi) is 5.04. The van der Waals surface area contributed by atoms with Crippen molar-refractivity contribution in [2.75, 3.05) is 25.0 Å². The molecule has 2 aromatic rings. The van der Waals surface area contributed by atoms with E-state index in [9.17, 15) is 14.7 Å². The smallest absolute Gasteiger partial charge is 0.255 e. The van der Waals surface area contributed by atoms with Gasteiger partial charge in [-0.3, -0.25) is 9.59 Å². The average molecular weight is 340 g/mol. The van der Waals surface area contributed by atoms with Crippen LogP contribution in [-0.4, -0.2) is 41.5 Å². The molecule has 1 fully saturated rings. The second-order valence-electron chi connectivity index (χ2n) is 6.98. The third-order valence-corrected chi connectivity index (χ3v) is 4.73. The maximum atomic E-state index is 13.0. The van der Waals surface area contributed by atoms with Gasteiger partial charge in [-0.2, -0.15) is 0 Å². The first-order valence-corrected chi connectivity index (χ1v) is 8.73. The van der Waals surface area contributed by atoms with Crippen LogP contribution < -0.4 is 5.32 Å². The van der Waals surface area contributed by atoms with E-state index in [0.717, 1.165) is 17.2 Å². The fraction of sp³-hybridized carbons (Fsp3) is 0.400. The summed E-state index contributed by atoms with van der Waals surface area (Å²) in [5, 5.41) is 14.2. The molecule has 2 N–H and O–H groups in total. The van der Waals surface area contributed by atoms with Crippen molar-refractivity contribution < 1.29 is 14.7 Å². The molecular weight excluding hydrogens is 316 g/mol. The number of hydrogen-bond donors (Lipinski definition) is 2. The molecular formula is C20H24N2O3. The van der Waals surface area contributed by atoms with E-state index in [-0.39, 0.29) is 30.3 Å². The van der Waals surface area contributed by atoms with Gasteiger partial charge in [-0.25, -0.2) is 0 Å². The quantitative estimate of drug-likeness (QED) is 0.899. The highest BCUT2D eigenvalue weighted by Crippen LogP contribution is 2.28. The number of fused-ring (bicyclic) bond motifs is 1. The van der Waals surface area contributed by atoms with Crippen LogP contribution in [-0.2, 0) is 4.79 Å². The number of amides is 2. The SMILES string of the molecule is CC(C)C(=O)Nc1cc2ccccc2cc1C(=O)N1CCC(CO)C1. The molecule has 1 atom stereocenters. The summed E-state index contributed by atoms with van der Waals surface area (Å²) in [5.41, 5.74) is 1.06. The lowest BCUT2D eigenvalue weighted by Gasteiger charge is -2.20. The van der Waals surface area contributed by atoms with E-state index in [2.05, 4.69) is 5.32 Å². The summed E-state index contributed by atoms with van der Waals surface area (Å²) in [6.45, 7) is 4.93. The number of carbonyl (C=O) groups is 2. The number of nitrogens with one attached hydrogen (secondary N) is 1. The van der Waals surface area contributed by atoms with Gasteiger partial charge in [0.05, 0.1) is 11.3 Å². The van der Waals surface area contributed by atoms with Gasteiger partial charge in [0.1, 0.15) is 0 Å². The van der Waals surface area contributed by atoms with Crippen molar-refractivity contribution in [3.05, 3.63) is 42.0 Å². The number of benzene rings is 2. The van der Waals surface area contributed by atoms with Crippen LogP contribution in [0.4, 0.5) is 5.69 Å². The van der Waals surface area contributed by atoms with Crippen molar-refractivity contribution in [3.63, 3.8) is 0 Å². The Morgan fingerprint density at radius 1 is 1.24 bits per heavy atom. The first-order valence-electron chi connectivity index (χ1n) is 8.73. The van der Waals surface area contributed by atoms with Crippen molar-refractivity contribution in [1.82, 2.24) is 4.90 Å². The second-order valence-corrected chi connectivity index (χ2v) is 6.98. The molecule has 1 aliphatic heterocycles. The van der Waals surface area contributed by atoms with Crippen LogP contribution in [0.1, 0.15) is 30.6 Å². The minimum absolute atomic E-state index is 0.0957. The standard InChI is InChI=1S/C20H24N2O3/c1-13(2)19(24)21-18-10-16-6-4-3-5-15(16)9-17(18)20(25)22-8-7-14(11-22)12-23/h3-6,9-10,13-14,23H,7-8,11-12H2,1-2H3,(H,21,24). The van der Waals surface area contributed by atoms with Crippen LogP contribution in [0.5, 0.6) is 0 Å². The van der Waals surface area contributed by atoms with E-state index in [4.69, 9.17) is 0 Å². The van der Waals surface area contributed by atoms with Gasteiger partial charge < -0.3 is 15.3 Å². The molecule has 1 saturated heterocycles. The molecule has 0 saturated carbocycles. The van der Waals surface area contributed by atoms with Crippen LogP contribution in [0.15, 0.2) is 36.4 Å². The molecule has 2 amide bonds. The van der Waals surface area contributed by atoms with Crippen molar-refractivity contribution in [2.45, 2.75) is 20.3 Å². The number of hydrogen-bond acceptors (Lipinski definition) is 3. The Morgan fingerprint density at radius 3 is 2.52 bits per heavy atom. The molecule has 25 heavy (non-hydrogen) atoms. The van der Waals surface area contributed by atoms with Crippen molar-refractivity contribution >= 4 is 28.3 Å². The average Bonchev–Trinajstić information content (AvgIpc) is 3.09. The topological polar surface area (TPSA) is 69.6 Å². The zero-order valence-electron chi connectivity index (χ0n) is 14.7. The molecule has 132 valence electrons. The summed E-state index contributed by atoms with van der Waals surface area (Å²) in [5.74, 6) is -0.238. The van der Waals surface area contributed by atoms with Crippen molar-refractivity contribution in [1.29, 1.82) is 0 Å². The zero-order valence-corrected chi connectivity index (χ0v) is 14.7. The summed E-state index contributed by atoms with van der Waals surface area (Å²) >= 11 is 0. The van der Waals surface area contributed by atoms with E-state index in [0.29, 0.717) is 24.3 Å². The van der Waals surface area contributed by atoms with E-state index in [1.54, 1.807) is 4.90 Å². The predicted octanol–water partition coefficient (Wildman–Crippen LogP) is 2.89. The monoisotopic (exact) mass is 340 g/mol. The highest BCUT2D eigenvalue weighted by atomic mass is 16.3. The van der Waals surface area contributed by atoms with E-state index in [1.807, 2.05) is 50.2 Å². The Hall–Kier alpha value is -2.40. The van der Waals surface area contributed by atoms with Crippen molar-refractivity contribution in [3.8, 4) is 0 Å². The highest BCUT2D eigenvalue weighted by molar-refractivity contribution is 6.08.